The van der Waals surface area contributed by atoms with Gasteiger partial charge in [-0.25, -0.2) is 12.4 Å². The number of rotatable bonds is 4. The SMILES string of the molecule is Cc1cnc(CNC(=O)c2cc3c(c4ccccc4n3C)n2S(C)(=O)=O)cn1. The molecule has 0 radical (unpaired) electrons. The minimum Gasteiger partial charge on any atom is -0.345 e. The first kappa shape index (κ1) is 18.2. The summed E-state index contributed by atoms with van der Waals surface area (Å²) in [6.07, 6.45) is 4.28. The Kier molecular flexibility index (Phi) is 4.19. The Morgan fingerprint density at radius 1 is 1.14 bits per heavy atom. The number of carbonyl (C=O) groups is 1. The van der Waals surface area contributed by atoms with Crippen molar-refractivity contribution in [3.05, 3.63) is 59.8 Å². The van der Waals surface area contributed by atoms with Crippen LogP contribution in [0.25, 0.3) is 21.9 Å². The van der Waals surface area contributed by atoms with Crippen molar-refractivity contribution in [1.82, 2.24) is 23.8 Å². The first-order valence-corrected chi connectivity index (χ1v) is 10.5. The zero-order valence-electron chi connectivity index (χ0n) is 15.7. The third-order valence-corrected chi connectivity index (χ3v) is 5.69. The highest BCUT2D eigenvalue weighted by molar-refractivity contribution is 7.89. The van der Waals surface area contributed by atoms with Gasteiger partial charge in [-0.1, -0.05) is 18.2 Å². The highest BCUT2D eigenvalue weighted by atomic mass is 32.2. The lowest BCUT2D eigenvalue weighted by molar-refractivity contribution is 0.0944. The zero-order chi connectivity index (χ0) is 20.1. The van der Waals surface area contributed by atoms with E-state index in [-0.39, 0.29) is 12.2 Å². The van der Waals surface area contributed by atoms with Gasteiger partial charge in [-0.2, -0.15) is 0 Å². The number of para-hydroxylation sites is 1. The minimum absolute atomic E-state index is 0.0638. The van der Waals surface area contributed by atoms with Crippen molar-refractivity contribution >= 4 is 37.9 Å². The predicted octanol–water partition coefficient (Wildman–Crippen LogP) is 1.97. The number of nitrogens with one attached hydrogen (secondary N) is 1. The van der Waals surface area contributed by atoms with Gasteiger partial charge in [-0.05, 0) is 19.1 Å². The molecule has 1 N–H and O–H groups in total. The predicted molar refractivity (Wildman–Crippen MR) is 107 cm³/mol. The average molecular weight is 397 g/mol. The molecule has 4 aromatic rings. The van der Waals surface area contributed by atoms with Gasteiger partial charge < -0.3 is 9.88 Å². The number of hydrogen-bond donors (Lipinski definition) is 1. The number of amides is 1. The van der Waals surface area contributed by atoms with E-state index in [1.54, 1.807) is 18.5 Å². The van der Waals surface area contributed by atoms with Gasteiger partial charge in [0, 0.05) is 18.6 Å². The highest BCUT2D eigenvalue weighted by Crippen LogP contribution is 2.31. The average Bonchev–Trinajstić information content (AvgIpc) is 3.18. The van der Waals surface area contributed by atoms with Crippen molar-refractivity contribution in [2.45, 2.75) is 13.5 Å². The number of carbonyl (C=O) groups excluding carboxylic acids is 1. The smallest absolute Gasteiger partial charge is 0.269 e. The molecule has 4 rings (SSSR count). The fourth-order valence-electron chi connectivity index (χ4n) is 3.35. The molecule has 0 aliphatic rings. The second-order valence-electron chi connectivity index (χ2n) is 6.70. The van der Waals surface area contributed by atoms with Crippen molar-refractivity contribution in [2.75, 3.05) is 6.26 Å². The van der Waals surface area contributed by atoms with Crippen LogP contribution < -0.4 is 5.32 Å². The molecule has 0 unspecified atom stereocenters. The van der Waals surface area contributed by atoms with Crippen molar-refractivity contribution in [3.63, 3.8) is 0 Å². The summed E-state index contributed by atoms with van der Waals surface area (Å²) in [7, 11) is -1.87. The standard InChI is InChI=1S/C19H19N5O3S/c1-12-9-21-13(10-20-12)11-22-19(25)17-8-16-18(24(17)28(3,26)27)14-6-4-5-7-15(14)23(16)2/h4-10H,11H2,1-3H3,(H,22,25). The van der Waals surface area contributed by atoms with Crippen LogP contribution >= 0.6 is 0 Å². The van der Waals surface area contributed by atoms with E-state index in [9.17, 15) is 13.2 Å². The van der Waals surface area contributed by atoms with E-state index in [1.807, 2.05) is 42.8 Å². The van der Waals surface area contributed by atoms with Crippen LogP contribution in [-0.4, -0.2) is 39.1 Å². The first-order chi connectivity index (χ1) is 13.3. The Morgan fingerprint density at radius 2 is 1.89 bits per heavy atom. The monoisotopic (exact) mass is 397 g/mol. The van der Waals surface area contributed by atoms with Gasteiger partial charge >= 0.3 is 0 Å². The first-order valence-electron chi connectivity index (χ1n) is 8.62. The van der Waals surface area contributed by atoms with Gasteiger partial charge in [0.1, 0.15) is 5.69 Å². The Labute approximate surface area is 161 Å². The summed E-state index contributed by atoms with van der Waals surface area (Å²) in [4.78, 5) is 21.2. The third-order valence-electron chi connectivity index (χ3n) is 4.65. The van der Waals surface area contributed by atoms with Gasteiger partial charge in [0.2, 0.25) is 10.0 Å². The summed E-state index contributed by atoms with van der Waals surface area (Å²) >= 11 is 0. The Morgan fingerprint density at radius 3 is 2.57 bits per heavy atom. The van der Waals surface area contributed by atoms with Crippen molar-refractivity contribution < 1.29 is 13.2 Å². The molecule has 1 amide bonds. The lowest BCUT2D eigenvalue weighted by Crippen LogP contribution is -2.27. The van der Waals surface area contributed by atoms with E-state index in [0.29, 0.717) is 16.7 Å². The normalized spacial score (nSPS) is 12.0. The van der Waals surface area contributed by atoms with Gasteiger partial charge in [-0.15, -0.1) is 0 Å². The van der Waals surface area contributed by atoms with E-state index in [2.05, 4.69) is 15.3 Å². The molecule has 1 aromatic carbocycles. The van der Waals surface area contributed by atoms with Gasteiger partial charge in [0.25, 0.3) is 5.91 Å². The summed E-state index contributed by atoms with van der Waals surface area (Å²) in [6, 6.07) is 9.10. The molecule has 0 fully saturated rings. The van der Waals surface area contributed by atoms with E-state index < -0.39 is 15.9 Å². The second kappa shape index (κ2) is 6.45. The molecule has 0 bridgehead atoms. The van der Waals surface area contributed by atoms with E-state index >= 15 is 0 Å². The van der Waals surface area contributed by atoms with E-state index in [0.717, 1.165) is 26.8 Å². The molecule has 0 aliphatic carbocycles. The van der Waals surface area contributed by atoms with E-state index in [1.165, 1.54) is 0 Å². The molecule has 9 heteroatoms. The van der Waals surface area contributed by atoms with Crippen LogP contribution in [0.2, 0.25) is 0 Å². The number of fused-ring (bicyclic) bond motifs is 3. The summed E-state index contributed by atoms with van der Waals surface area (Å²) in [5.74, 6) is -0.493. The summed E-state index contributed by atoms with van der Waals surface area (Å²) in [5, 5.41) is 3.50. The lowest BCUT2D eigenvalue weighted by atomic mass is 10.2. The molecule has 8 nitrogen and oxygen atoms in total. The van der Waals surface area contributed by atoms with Crippen LogP contribution in [0, 0.1) is 6.92 Å². The van der Waals surface area contributed by atoms with Gasteiger partial charge in [0.15, 0.2) is 0 Å². The molecular weight excluding hydrogens is 378 g/mol. The molecule has 3 aromatic heterocycles. The third kappa shape index (κ3) is 2.93. The molecular formula is C19H19N5O3S. The zero-order valence-corrected chi connectivity index (χ0v) is 16.5. The van der Waals surface area contributed by atoms with Crippen molar-refractivity contribution in [2.24, 2.45) is 7.05 Å². The number of aryl methyl sites for hydroxylation is 2. The fourth-order valence-corrected chi connectivity index (χ4v) is 4.37. The van der Waals surface area contributed by atoms with Crippen LogP contribution in [0.5, 0.6) is 0 Å². The molecule has 144 valence electrons. The number of hydrogen-bond acceptors (Lipinski definition) is 5. The molecule has 0 aliphatic heterocycles. The topological polar surface area (TPSA) is 98.9 Å². The fraction of sp³-hybridized carbons (Fsp3) is 0.211. The Hall–Kier alpha value is -3.20. The number of nitrogens with zero attached hydrogens (tertiary/aromatic N) is 4. The second-order valence-corrected chi connectivity index (χ2v) is 8.53. The highest BCUT2D eigenvalue weighted by Gasteiger charge is 2.25. The Balaban J connectivity index is 1.81. The van der Waals surface area contributed by atoms with E-state index in [4.69, 9.17) is 0 Å². The maximum Gasteiger partial charge on any atom is 0.269 e. The molecule has 3 heterocycles. The summed E-state index contributed by atoms with van der Waals surface area (Å²) in [5.41, 5.74) is 3.50. The quantitative estimate of drug-likeness (QED) is 0.568. The Bertz CT molecular complexity index is 1320. The number of aromatic nitrogens is 4. The van der Waals surface area contributed by atoms with Crippen LogP contribution in [-0.2, 0) is 23.6 Å². The van der Waals surface area contributed by atoms with Crippen LogP contribution in [0.4, 0.5) is 0 Å². The summed E-state index contributed by atoms with van der Waals surface area (Å²) in [6.45, 7) is 1.97. The number of benzene rings is 1. The maximum atomic E-state index is 12.8. The summed E-state index contributed by atoms with van der Waals surface area (Å²) < 4.78 is 28.1. The van der Waals surface area contributed by atoms with Crippen LogP contribution in [0.15, 0.2) is 42.7 Å². The van der Waals surface area contributed by atoms with Crippen LogP contribution in [0.3, 0.4) is 0 Å². The van der Waals surface area contributed by atoms with Crippen molar-refractivity contribution in [1.29, 1.82) is 0 Å². The van der Waals surface area contributed by atoms with Crippen LogP contribution in [0.1, 0.15) is 21.9 Å². The van der Waals surface area contributed by atoms with Gasteiger partial charge in [0.05, 0.1) is 46.9 Å². The molecule has 0 saturated carbocycles. The van der Waals surface area contributed by atoms with Gasteiger partial charge in [-0.3, -0.25) is 14.8 Å². The largest absolute Gasteiger partial charge is 0.345 e. The molecule has 0 saturated heterocycles. The van der Waals surface area contributed by atoms with Crippen molar-refractivity contribution in [3.8, 4) is 0 Å². The lowest BCUT2D eigenvalue weighted by Gasteiger charge is -2.09. The maximum absolute atomic E-state index is 12.8. The minimum atomic E-state index is -3.71. The molecule has 0 atom stereocenters. The molecule has 0 spiro atoms. The molecule has 28 heavy (non-hydrogen) atoms.